The van der Waals surface area contributed by atoms with E-state index in [-0.39, 0.29) is 12.0 Å². The van der Waals surface area contributed by atoms with Crippen LogP contribution in [0.5, 0.6) is 5.75 Å². The number of aliphatic hydroxyl groups is 1. The van der Waals surface area contributed by atoms with Crippen LogP contribution < -0.4 is 9.46 Å². The van der Waals surface area contributed by atoms with Gasteiger partial charge >= 0.3 is 0 Å². The van der Waals surface area contributed by atoms with Crippen LogP contribution in [0.3, 0.4) is 0 Å². The van der Waals surface area contributed by atoms with Crippen LogP contribution in [0.15, 0.2) is 17.0 Å². The maximum absolute atomic E-state index is 12.4. The highest BCUT2D eigenvalue weighted by Gasteiger charge is 2.29. The topological polar surface area (TPSA) is 75.6 Å². The van der Waals surface area contributed by atoms with E-state index in [4.69, 9.17) is 4.74 Å². The molecule has 0 saturated heterocycles. The molecule has 5 nitrogen and oxygen atoms in total. The first kappa shape index (κ1) is 15.3. The van der Waals surface area contributed by atoms with Crippen molar-refractivity contribution in [3.63, 3.8) is 0 Å². The Bertz CT molecular complexity index is 568. The summed E-state index contributed by atoms with van der Waals surface area (Å²) in [6, 6.07) is 3.43. The zero-order valence-corrected chi connectivity index (χ0v) is 12.8. The van der Waals surface area contributed by atoms with E-state index < -0.39 is 10.0 Å². The van der Waals surface area contributed by atoms with Crippen LogP contribution in [0.2, 0.25) is 0 Å². The molecule has 1 aliphatic rings. The van der Waals surface area contributed by atoms with Crippen LogP contribution in [0.1, 0.15) is 24.0 Å². The molecule has 20 heavy (non-hydrogen) atoms. The summed E-state index contributed by atoms with van der Waals surface area (Å²) in [4.78, 5) is 0.318. The van der Waals surface area contributed by atoms with Gasteiger partial charge in [-0.05, 0) is 55.9 Å². The van der Waals surface area contributed by atoms with E-state index in [2.05, 4.69) is 4.72 Å². The monoisotopic (exact) mass is 299 g/mol. The van der Waals surface area contributed by atoms with Crippen LogP contribution >= 0.6 is 0 Å². The van der Waals surface area contributed by atoms with E-state index in [0.717, 1.165) is 0 Å². The van der Waals surface area contributed by atoms with Crippen LogP contribution in [0, 0.1) is 19.8 Å². The van der Waals surface area contributed by atoms with Gasteiger partial charge in [0.1, 0.15) is 5.75 Å². The van der Waals surface area contributed by atoms with Gasteiger partial charge in [-0.15, -0.1) is 0 Å². The fourth-order valence-electron chi connectivity index (χ4n) is 2.62. The van der Waals surface area contributed by atoms with Crippen LogP contribution in [-0.2, 0) is 10.0 Å². The van der Waals surface area contributed by atoms with Gasteiger partial charge in [0, 0.05) is 6.54 Å². The summed E-state index contributed by atoms with van der Waals surface area (Å²) in [6.07, 6.45) is 1.07. The normalized spacial score (nSPS) is 22.4. The van der Waals surface area contributed by atoms with Gasteiger partial charge in [-0.2, -0.15) is 0 Å². The number of hydrogen-bond donors (Lipinski definition) is 2. The van der Waals surface area contributed by atoms with Crippen molar-refractivity contribution in [2.75, 3.05) is 13.7 Å². The summed E-state index contributed by atoms with van der Waals surface area (Å²) >= 11 is 0. The van der Waals surface area contributed by atoms with Crippen molar-refractivity contribution in [2.45, 2.75) is 37.7 Å². The van der Waals surface area contributed by atoms with E-state index in [9.17, 15) is 13.5 Å². The highest BCUT2D eigenvalue weighted by molar-refractivity contribution is 7.89. The Labute approximate surface area is 120 Å². The molecule has 1 aliphatic carbocycles. The van der Waals surface area contributed by atoms with Gasteiger partial charge in [-0.1, -0.05) is 0 Å². The Balaban J connectivity index is 2.16. The van der Waals surface area contributed by atoms with Gasteiger partial charge in [0.2, 0.25) is 10.0 Å². The number of methoxy groups -OCH3 is 1. The first-order valence-corrected chi connectivity index (χ1v) is 8.14. The highest BCUT2D eigenvalue weighted by atomic mass is 32.2. The van der Waals surface area contributed by atoms with E-state index in [0.29, 0.717) is 41.2 Å². The summed E-state index contributed by atoms with van der Waals surface area (Å²) in [6.45, 7) is 3.90. The SMILES string of the molecule is COc1cc(C)c(S(=O)(=O)NCC2CC(O)C2)c(C)c1. The molecule has 1 aromatic carbocycles. The first-order chi connectivity index (χ1) is 9.33. The summed E-state index contributed by atoms with van der Waals surface area (Å²) in [5.74, 6) is 0.889. The smallest absolute Gasteiger partial charge is 0.241 e. The summed E-state index contributed by atoms with van der Waals surface area (Å²) in [5, 5.41) is 9.22. The molecule has 0 heterocycles. The Hall–Kier alpha value is -1.11. The lowest BCUT2D eigenvalue weighted by Gasteiger charge is -2.31. The van der Waals surface area contributed by atoms with Crippen molar-refractivity contribution < 1.29 is 18.3 Å². The minimum absolute atomic E-state index is 0.235. The third-order valence-electron chi connectivity index (χ3n) is 3.71. The molecule has 1 aromatic rings. The average Bonchev–Trinajstić information content (AvgIpc) is 2.31. The van der Waals surface area contributed by atoms with Crippen LogP contribution in [0.4, 0.5) is 0 Å². The van der Waals surface area contributed by atoms with Gasteiger partial charge in [0.05, 0.1) is 18.1 Å². The summed E-state index contributed by atoms with van der Waals surface area (Å²) < 4.78 is 32.5. The Kier molecular flexibility index (Phi) is 4.36. The standard InChI is InChI=1S/C14H21NO4S/c1-9-4-13(19-3)5-10(2)14(9)20(17,18)15-8-11-6-12(16)7-11/h4-5,11-12,15-16H,6-8H2,1-3H3. The predicted molar refractivity (Wildman–Crippen MR) is 76.4 cm³/mol. The average molecular weight is 299 g/mol. The molecule has 112 valence electrons. The Morgan fingerprint density at radius 2 is 1.85 bits per heavy atom. The molecule has 0 bridgehead atoms. The third-order valence-corrected chi connectivity index (χ3v) is 5.44. The number of hydrogen-bond acceptors (Lipinski definition) is 4. The van der Waals surface area contributed by atoms with Gasteiger partial charge in [0.15, 0.2) is 0 Å². The molecule has 2 N–H and O–H groups in total. The van der Waals surface area contributed by atoms with Crippen molar-refractivity contribution in [1.82, 2.24) is 4.72 Å². The lowest BCUT2D eigenvalue weighted by Crippen LogP contribution is -2.38. The quantitative estimate of drug-likeness (QED) is 0.861. The molecule has 0 radical (unpaired) electrons. The van der Waals surface area contributed by atoms with E-state index in [1.165, 1.54) is 0 Å². The van der Waals surface area contributed by atoms with Crippen molar-refractivity contribution in [3.05, 3.63) is 23.3 Å². The van der Waals surface area contributed by atoms with Crippen molar-refractivity contribution in [1.29, 1.82) is 0 Å². The van der Waals surface area contributed by atoms with Crippen LogP contribution in [-0.4, -0.2) is 33.3 Å². The number of ether oxygens (including phenoxy) is 1. The minimum Gasteiger partial charge on any atom is -0.497 e. The molecule has 1 fully saturated rings. The first-order valence-electron chi connectivity index (χ1n) is 6.66. The van der Waals surface area contributed by atoms with Crippen LogP contribution in [0.25, 0.3) is 0 Å². The molecule has 0 aromatic heterocycles. The van der Waals surface area contributed by atoms with Crippen molar-refractivity contribution in [3.8, 4) is 5.75 Å². The molecule has 0 unspecified atom stereocenters. The van der Waals surface area contributed by atoms with E-state index in [1.54, 1.807) is 33.1 Å². The zero-order valence-electron chi connectivity index (χ0n) is 12.0. The molecule has 2 rings (SSSR count). The second-order valence-electron chi connectivity index (χ2n) is 5.43. The Morgan fingerprint density at radius 3 is 2.30 bits per heavy atom. The number of rotatable bonds is 5. The maximum Gasteiger partial charge on any atom is 0.241 e. The number of sulfonamides is 1. The van der Waals surface area contributed by atoms with E-state index in [1.807, 2.05) is 0 Å². The molecule has 1 saturated carbocycles. The van der Waals surface area contributed by atoms with Gasteiger partial charge < -0.3 is 9.84 Å². The molecular weight excluding hydrogens is 278 g/mol. The van der Waals surface area contributed by atoms with Gasteiger partial charge in [0.25, 0.3) is 0 Å². The molecule has 0 amide bonds. The fourth-order valence-corrected chi connectivity index (χ4v) is 4.18. The zero-order chi connectivity index (χ0) is 14.9. The number of nitrogens with one attached hydrogen (secondary N) is 1. The predicted octanol–water partition coefficient (Wildman–Crippen LogP) is 1.36. The minimum atomic E-state index is -3.52. The lowest BCUT2D eigenvalue weighted by atomic mass is 9.83. The second-order valence-corrected chi connectivity index (χ2v) is 7.14. The summed E-state index contributed by atoms with van der Waals surface area (Å²) in [5.41, 5.74) is 1.34. The number of aryl methyl sites for hydroxylation is 2. The molecular formula is C14H21NO4S. The van der Waals surface area contributed by atoms with Gasteiger partial charge in [-0.3, -0.25) is 0 Å². The number of aliphatic hydroxyl groups excluding tert-OH is 1. The fraction of sp³-hybridized carbons (Fsp3) is 0.571. The number of benzene rings is 1. The third kappa shape index (κ3) is 3.13. The van der Waals surface area contributed by atoms with Crippen molar-refractivity contribution in [2.24, 2.45) is 5.92 Å². The largest absolute Gasteiger partial charge is 0.497 e. The Morgan fingerprint density at radius 1 is 1.30 bits per heavy atom. The molecule has 6 heteroatoms. The molecule has 0 atom stereocenters. The van der Waals surface area contributed by atoms with Gasteiger partial charge in [-0.25, -0.2) is 13.1 Å². The lowest BCUT2D eigenvalue weighted by molar-refractivity contribution is 0.0453. The highest BCUT2D eigenvalue weighted by Crippen LogP contribution is 2.28. The van der Waals surface area contributed by atoms with Crippen molar-refractivity contribution >= 4 is 10.0 Å². The maximum atomic E-state index is 12.4. The molecule has 0 spiro atoms. The summed E-state index contributed by atoms with van der Waals surface area (Å²) in [7, 11) is -1.96. The molecule has 0 aliphatic heterocycles. The van der Waals surface area contributed by atoms with E-state index >= 15 is 0 Å². The second kappa shape index (κ2) is 5.71.